The van der Waals surface area contributed by atoms with Crippen LogP contribution < -0.4 is 9.46 Å². The zero-order valence-corrected chi connectivity index (χ0v) is 15.4. The molecular formula is C16H17ClN2O5S. The van der Waals surface area contributed by atoms with Gasteiger partial charge in [0.15, 0.2) is 5.75 Å². The molecular weight excluding hydrogens is 368 g/mol. The molecule has 0 saturated heterocycles. The molecule has 2 aromatic rings. The summed E-state index contributed by atoms with van der Waals surface area (Å²) in [4.78, 5) is 10.2. The van der Waals surface area contributed by atoms with Crippen molar-refractivity contribution in [2.24, 2.45) is 0 Å². The first-order chi connectivity index (χ1) is 11.7. The minimum Gasteiger partial charge on any atom is -0.490 e. The number of non-ortho nitro benzene ring substituents is 1. The molecule has 9 heteroatoms. The Hall–Kier alpha value is -2.32. The number of halogens is 1. The lowest BCUT2D eigenvalue weighted by Gasteiger charge is -2.15. The maximum absolute atomic E-state index is 12.8. The van der Waals surface area contributed by atoms with Gasteiger partial charge in [0.2, 0.25) is 0 Å². The first-order valence-corrected chi connectivity index (χ1v) is 9.23. The summed E-state index contributed by atoms with van der Waals surface area (Å²) in [6.07, 6.45) is 0. The number of ether oxygens (including phenoxy) is 1. The molecule has 0 aromatic heterocycles. The van der Waals surface area contributed by atoms with Gasteiger partial charge in [0, 0.05) is 12.1 Å². The zero-order valence-electron chi connectivity index (χ0n) is 13.9. The van der Waals surface area contributed by atoms with Crippen LogP contribution in [0.1, 0.15) is 18.1 Å². The number of para-hydroxylation sites is 1. The van der Waals surface area contributed by atoms with E-state index in [2.05, 4.69) is 4.72 Å². The molecule has 1 N–H and O–H groups in total. The first-order valence-electron chi connectivity index (χ1n) is 7.37. The average Bonchev–Trinajstić information content (AvgIpc) is 2.52. The maximum Gasteiger partial charge on any atom is 0.271 e. The van der Waals surface area contributed by atoms with Gasteiger partial charge in [0.05, 0.1) is 27.1 Å². The van der Waals surface area contributed by atoms with Crippen molar-refractivity contribution in [2.45, 2.75) is 25.7 Å². The Morgan fingerprint density at radius 2 is 1.96 bits per heavy atom. The lowest BCUT2D eigenvalue weighted by atomic mass is 10.1. The van der Waals surface area contributed by atoms with E-state index in [1.807, 2.05) is 0 Å². The van der Waals surface area contributed by atoms with E-state index in [0.717, 1.165) is 6.07 Å². The number of rotatable bonds is 6. The number of nitro benzene ring substituents is 1. The first kappa shape index (κ1) is 19.0. The highest BCUT2D eigenvalue weighted by Crippen LogP contribution is 2.35. The van der Waals surface area contributed by atoms with E-state index in [4.69, 9.17) is 16.3 Å². The molecule has 0 saturated carbocycles. The Bertz CT molecular complexity index is 928. The van der Waals surface area contributed by atoms with Gasteiger partial charge in [-0.1, -0.05) is 17.7 Å². The van der Waals surface area contributed by atoms with E-state index in [1.165, 1.54) is 12.1 Å². The summed E-state index contributed by atoms with van der Waals surface area (Å²) in [5.41, 5.74) is 0.807. The minimum atomic E-state index is -4.07. The predicted molar refractivity (Wildman–Crippen MR) is 96.0 cm³/mol. The second kappa shape index (κ2) is 7.28. The summed E-state index contributed by atoms with van der Waals surface area (Å²) in [5, 5.41) is 11.3. The summed E-state index contributed by atoms with van der Waals surface area (Å²) < 4.78 is 33.4. The number of nitro groups is 1. The third kappa shape index (κ3) is 4.02. The largest absolute Gasteiger partial charge is 0.490 e. The van der Waals surface area contributed by atoms with Crippen LogP contribution >= 0.6 is 11.6 Å². The smallest absolute Gasteiger partial charge is 0.271 e. The lowest BCUT2D eigenvalue weighted by Crippen LogP contribution is -2.16. The number of aryl methyl sites for hydroxylation is 1. The summed E-state index contributed by atoms with van der Waals surface area (Å²) in [7, 11) is -4.07. The number of nitrogens with zero attached hydrogens (tertiary/aromatic N) is 1. The molecule has 0 radical (unpaired) electrons. The molecule has 0 aliphatic rings. The van der Waals surface area contributed by atoms with Crippen molar-refractivity contribution in [3.63, 3.8) is 0 Å². The Morgan fingerprint density at radius 3 is 2.56 bits per heavy atom. The zero-order chi connectivity index (χ0) is 18.8. The van der Waals surface area contributed by atoms with Crippen LogP contribution in [-0.2, 0) is 10.0 Å². The fraction of sp³-hybridized carbons (Fsp3) is 0.250. The molecule has 7 nitrogen and oxygen atoms in total. The summed E-state index contributed by atoms with van der Waals surface area (Å²) in [6.45, 7) is 5.25. The van der Waals surface area contributed by atoms with Gasteiger partial charge in [-0.05, 0) is 44.0 Å². The standard InChI is InChI=1S/C16H17ClN2O5S/c1-4-24-16-13(17)6-5-7-14(16)18-25(22,23)15-9-12(19(20)21)8-10(2)11(15)3/h5-9,18H,4H2,1-3H3. The molecule has 0 bridgehead atoms. The highest BCUT2D eigenvalue weighted by molar-refractivity contribution is 7.92. The predicted octanol–water partition coefficient (Wildman–Crippen LogP) is 4.06. The summed E-state index contributed by atoms with van der Waals surface area (Å²) in [5.74, 6) is 0.204. The molecule has 0 heterocycles. The maximum atomic E-state index is 12.8. The Kier molecular flexibility index (Phi) is 5.54. The number of nitrogens with one attached hydrogen (secondary N) is 1. The van der Waals surface area contributed by atoms with Crippen molar-refractivity contribution < 1.29 is 18.1 Å². The fourth-order valence-corrected chi connectivity index (χ4v) is 3.90. The highest BCUT2D eigenvalue weighted by Gasteiger charge is 2.24. The molecule has 2 rings (SSSR count). The highest BCUT2D eigenvalue weighted by atomic mass is 35.5. The molecule has 0 aliphatic heterocycles. The Balaban J connectivity index is 2.55. The number of hydrogen-bond donors (Lipinski definition) is 1. The molecule has 0 fully saturated rings. The van der Waals surface area contributed by atoms with Gasteiger partial charge >= 0.3 is 0 Å². The second-order valence-electron chi connectivity index (χ2n) is 5.30. The van der Waals surface area contributed by atoms with Crippen LogP contribution in [-0.4, -0.2) is 19.9 Å². The van der Waals surface area contributed by atoms with Crippen molar-refractivity contribution in [1.82, 2.24) is 0 Å². The average molecular weight is 385 g/mol. The second-order valence-corrected chi connectivity index (χ2v) is 7.36. The van der Waals surface area contributed by atoms with Crippen LogP contribution in [0.2, 0.25) is 5.02 Å². The Morgan fingerprint density at radius 1 is 1.28 bits per heavy atom. The van der Waals surface area contributed by atoms with Crippen molar-refractivity contribution >= 4 is 33.0 Å². The van der Waals surface area contributed by atoms with Crippen molar-refractivity contribution in [3.8, 4) is 5.75 Å². The van der Waals surface area contributed by atoms with Crippen molar-refractivity contribution in [3.05, 3.63) is 56.6 Å². The van der Waals surface area contributed by atoms with Crippen LogP contribution in [0.3, 0.4) is 0 Å². The van der Waals surface area contributed by atoms with Gasteiger partial charge in [-0.15, -0.1) is 0 Å². The van der Waals surface area contributed by atoms with Gasteiger partial charge in [-0.2, -0.15) is 0 Å². The topological polar surface area (TPSA) is 98.5 Å². The normalized spacial score (nSPS) is 11.2. The Labute approximate surface area is 150 Å². The molecule has 0 atom stereocenters. The van der Waals surface area contributed by atoms with Gasteiger partial charge in [0.1, 0.15) is 0 Å². The SMILES string of the molecule is CCOc1c(Cl)cccc1NS(=O)(=O)c1cc([N+](=O)[O-])cc(C)c1C. The van der Waals surface area contributed by atoms with Crippen LogP contribution in [0.15, 0.2) is 35.2 Å². The van der Waals surface area contributed by atoms with Crippen LogP contribution in [0.5, 0.6) is 5.75 Å². The number of hydrogen-bond acceptors (Lipinski definition) is 5. The monoisotopic (exact) mass is 384 g/mol. The van der Waals surface area contributed by atoms with E-state index in [-0.39, 0.29) is 27.0 Å². The van der Waals surface area contributed by atoms with Gasteiger partial charge in [-0.3, -0.25) is 14.8 Å². The number of benzene rings is 2. The molecule has 134 valence electrons. The summed E-state index contributed by atoms with van der Waals surface area (Å²) in [6, 6.07) is 7.03. The van der Waals surface area contributed by atoms with Crippen molar-refractivity contribution in [1.29, 1.82) is 0 Å². The molecule has 2 aromatic carbocycles. The van der Waals surface area contributed by atoms with E-state index in [0.29, 0.717) is 17.7 Å². The van der Waals surface area contributed by atoms with Crippen LogP contribution in [0.25, 0.3) is 0 Å². The summed E-state index contributed by atoms with van der Waals surface area (Å²) >= 11 is 6.06. The van der Waals surface area contributed by atoms with E-state index < -0.39 is 14.9 Å². The third-order valence-electron chi connectivity index (χ3n) is 3.60. The minimum absolute atomic E-state index is 0.165. The number of sulfonamides is 1. The number of anilines is 1. The van der Waals surface area contributed by atoms with Crippen molar-refractivity contribution in [2.75, 3.05) is 11.3 Å². The van der Waals surface area contributed by atoms with Gasteiger partial charge in [-0.25, -0.2) is 8.42 Å². The third-order valence-corrected chi connectivity index (χ3v) is 5.39. The fourth-order valence-electron chi connectivity index (χ4n) is 2.27. The molecule has 0 aliphatic carbocycles. The van der Waals surface area contributed by atoms with E-state index >= 15 is 0 Å². The quantitative estimate of drug-likeness (QED) is 0.598. The molecule has 0 unspecified atom stereocenters. The molecule has 0 spiro atoms. The van der Waals surface area contributed by atoms with E-state index in [9.17, 15) is 18.5 Å². The van der Waals surface area contributed by atoms with E-state index in [1.54, 1.807) is 32.9 Å². The van der Waals surface area contributed by atoms with Crippen LogP contribution in [0, 0.1) is 24.0 Å². The molecule has 0 amide bonds. The van der Waals surface area contributed by atoms with Gasteiger partial charge < -0.3 is 4.74 Å². The van der Waals surface area contributed by atoms with Crippen LogP contribution in [0.4, 0.5) is 11.4 Å². The van der Waals surface area contributed by atoms with Gasteiger partial charge in [0.25, 0.3) is 15.7 Å². The lowest BCUT2D eigenvalue weighted by molar-refractivity contribution is -0.385. The molecule has 25 heavy (non-hydrogen) atoms.